The summed E-state index contributed by atoms with van der Waals surface area (Å²) in [6.07, 6.45) is 1.59. The van der Waals surface area contributed by atoms with Crippen LogP contribution in [0.3, 0.4) is 0 Å². The van der Waals surface area contributed by atoms with Crippen molar-refractivity contribution in [3.05, 3.63) is 35.5 Å². The van der Waals surface area contributed by atoms with Crippen molar-refractivity contribution in [1.82, 2.24) is 24.6 Å². The number of likely N-dealkylation sites (N-methyl/N-ethyl adjacent to an activating group) is 1. The SMILES string of the molecule is CCNC(=NCCN(C)S(=O)(=O)c1cccs1)N1CCN(Cc2ccon2)CC1. The molecule has 0 amide bonds. The second-order valence-electron chi connectivity index (χ2n) is 6.75. The largest absolute Gasteiger partial charge is 0.364 e. The standard InChI is InChI=1S/C18H28N6O3S2/c1-3-19-18(20-7-8-22(2)29(25,26)17-5-4-14-28-17)24-11-9-23(10-12-24)15-16-6-13-27-21-16/h4-6,13-14H,3,7-12,15H2,1-2H3,(H,19,20). The minimum absolute atomic E-state index is 0.335. The van der Waals surface area contributed by atoms with E-state index < -0.39 is 10.0 Å². The van der Waals surface area contributed by atoms with Crippen LogP contribution in [0, 0.1) is 0 Å². The van der Waals surface area contributed by atoms with Crippen molar-refractivity contribution in [2.24, 2.45) is 4.99 Å². The number of thiophene rings is 1. The van der Waals surface area contributed by atoms with Crippen molar-refractivity contribution >= 4 is 27.3 Å². The van der Waals surface area contributed by atoms with Crippen LogP contribution in [0.25, 0.3) is 0 Å². The second-order valence-corrected chi connectivity index (χ2v) is 9.97. The molecule has 1 N–H and O–H groups in total. The summed E-state index contributed by atoms with van der Waals surface area (Å²) in [5, 5.41) is 9.05. The van der Waals surface area contributed by atoms with E-state index in [2.05, 4.69) is 25.3 Å². The lowest BCUT2D eigenvalue weighted by Gasteiger charge is -2.36. The summed E-state index contributed by atoms with van der Waals surface area (Å²) in [4.78, 5) is 9.21. The van der Waals surface area contributed by atoms with Gasteiger partial charge in [0.1, 0.15) is 10.5 Å². The van der Waals surface area contributed by atoms with Gasteiger partial charge in [-0.25, -0.2) is 8.42 Å². The molecule has 0 atom stereocenters. The summed E-state index contributed by atoms with van der Waals surface area (Å²) in [7, 11) is -1.84. The van der Waals surface area contributed by atoms with E-state index in [0.717, 1.165) is 50.9 Å². The first kappa shape index (κ1) is 21.8. The Bertz CT molecular complexity index is 860. The Kier molecular flexibility index (Phi) is 7.64. The first-order valence-electron chi connectivity index (χ1n) is 9.65. The number of guanidine groups is 1. The highest BCUT2D eigenvalue weighted by atomic mass is 32.2. The minimum Gasteiger partial charge on any atom is -0.364 e. The summed E-state index contributed by atoms with van der Waals surface area (Å²) in [6, 6.07) is 5.26. The fraction of sp³-hybridized carbons (Fsp3) is 0.556. The molecule has 2 aromatic rings. The molecule has 0 unspecified atom stereocenters. The average molecular weight is 441 g/mol. The minimum atomic E-state index is -3.43. The predicted octanol–water partition coefficient (Wildman–Crippen LogP) is 1.14. The van der Waals surface area contributed by atoms with Crippen LogP contribution >= 0.6 is 11.3 Å². The van der Waals surface area contributed by atoms with Crippen molar-refractivity contribution < 1.29 is 12.9 Å². The van der Waals surface area contributed by atoms with E-state index in [9.17, 15) is 8.42 Å². The van der Waals surface area contributed by atoms with Gasteiger partial charge in [-0.1, -0.05) is 11.2 Å². The highest BCUT2D eigenvalue weighted by Gasteiger charge is 2.22. The van der Waals surface area contributed by atoms with E-state index in [1.807, 2.05) is 13.0 Å². The third-order valence-electron chi connectivity index (χ3n) is 4.72. The third-order valence-corrected chi connectivity index (χ3v) is 7.95. The zero-order valence-electron chi connectivity index (χ0n) is 16.8. The van der Waals surface area contributed by atoms with E-state index in [1.165, 1.54) is 15.6 Å². The van der Waals surface area contributed by atoms with Gasteiger partial charge in [0, 0.05) is 58.9 Å². The average Bonchev–Trinajstić information content (AvgIpc) is 3.42. The molecule has 1 aliphatic heterocycles. The lowest BCUT2D eigenvalue weighted by molar-refractivity contribution is 0.169. The van der Waals surface area contributed by atoms with E-state index in [4.69, 9.17) is 4.52 Å². The molecule has 1 fully saturated rings. The maximum Gasteiger partial charge on any atom is 0.252 e. The lowest BCUT2D eigenvalue weighted by atomic mass is 10.3. The number of piperazine rings is 1. The molecule has 0 radical (unpaired) electrons. The number of hydrogen-bond donors (Lipinski definition) is 1. The van der Waals surface area contributed by atoms with E-state index >= 15 is 0 Å². The molecule has 160 valence electrons. The number of nitrogens with zero attached hydrogens (tertiary/aromatic N) is 5. The van der Waals surface area contributed by atoms with Gasteiger partial charge in [-0.15, -0.1) is 11.3 Å². The summed E-state index contributed by atoms with van der Waals surface area (Å²) >= 11 is 1.23. The van der Waals surface area contributed by atoms with Crippen LogP contribution in [0.2, 0.25) is 0 Å². The quantitative estimate of drug-likeness (QED) is 0.486. The number of sulfonamides is 1. The van der Waals surface area contributed by atoms with E-state index in [1.54, 1.807) is 30.8 Å². The summed E-state index contributed by atoms with van der Waals surface area (Å²) in [5.74, 6) is 0.829. The van der Waals surface area contributed by atoms with Gasteiger partial charge in [0.05, 0.1) is 12.2 Å². The monoisotopic (exact) mass is 440 g/mol. The Hall–Kier alpha value is -1.95. The number of rotatable bonds is 8. The van der Waals surface area contributed by atoms with Crippen LogP contribution < -0.4 is 5.32 Å². The normalized spacial score (nSPS) is 16.5. The molecule has 1 saturated heterocycles. The molecule has 11 heteroatoms. The molecular formula is C18H28N6O3S2. The Morgan fingerprint density at radius 3 is 2.76 bits per heavy atom. The van der Waals surface area contributed by atoms with Crippen LogP contribution in [0.4, 0.5) is 0 Å². The molecule has 9 nitrogen and oxygen atoms in total. The fourth-order valence-corrected chi connectivity index (χ4v) is 5.44. The van der Waals surface area contributed by atoms with Crippen LogP contribution in [0.5, 0.6) is 0 Å². The van der Waals surface area contributed by atoms with Gasteiger partial charge in [-0.2, -0.15) is 4.31 Å². The van der Waals surface area contributed by atoms with Gasteiger partial charge in [0.25, 0.3) is 10.0 Å². The highest BCUT2D eigenvalue weighted by Crippen LogP contribution is 2.19. The van der Waals surface area contributed by atoms with Gasteiger partial charge in [0.2, 0.25) is 0 Å². The summed E-state index contributed by atoms with van der Waals surface area (Å²) < 4.78 is 31.6. The van der Waals surface area contributed by atoms with Crippen molar-refractivity contribution in [3.63, 3.8) is 0 Å². The Balaban J connectivity index is 1.52. The molecular weight excluding hydrogens is 412 g/mol. The van der Waals surface area contributed by atoms with E-state index in [0.29, 0.717) is 17.3 Å². The van der Waals surface area contributed by atoms with E-state index in [-0.39, 0.29) is 0 Å². The van der Waals surface area contributed by atoms with Crippen LogP contribution in [0.15, 0.2) is 43.6 Å². The second kappa shape index (κ2) is 10.2. The Morgan fingerprint density at radius 2 is 2.14 bits per heavy atom. The molecule has 1 aliphatic rings. The third kappa shape index (κ3) is 5.78. The number of nitrogens with one attached hydrogen (secondary N) is 1. The zero-order valence-corrected chi connectivity index (χ0v) is 18.5. The first-order valence-corrected chi connectivity index (χ1v) is 12.0. The van der Waals surface area contributed by atoms with Gasteiger partial charge >= 0.3 is 0 Å². The van der Waals surface area contributed by atoms with Crippen LogP contribution in [-0.4, -0.2) is 86.5 Å². The molecule has 3 heterocycles. The maximum absolute atomic E-state index is 12.5. The molecule has 0 spiro atoms. The molecule has 0 bridgehead atoms. The van der Waals surface area contributed by atoms with Crippen LogP contribution in [-0.2, 0) is 16.6 Å². The van der Waals surface area contributed by atoms with Crippen molar-refractivity contribution in [2.45, 2.75) is 17.7 Å². The van der Waals surface area contributed by atoms with Crippen LogP contribution in [0.1, 0.15) is 12.6 Å². The molecule has 3 rings (SSSR count). The molecule has 29 heavy (non-hydrogen) atoms. The van der Waals surface area contributed by atoms with Gasteiger partial charge in [-0.05, 0) is 18.4 Å². The molecule has 0 aromatic carbocycles. The Labute approximate surface area is 176 Å². The van der Waals surface area contributed by atoms with Crippen molar-refractivity contribution in [3.8, 4) is 0 Å². The Morgan fingerprint density at radius 1 is 1.34 bits per heavy atom. The molecule has 0 aliphatic carbocycles. The predicted molar refractivity (Wildman–Crippen MR) is 113 cm³/mol. The summed E-state index contributed by atoms with van der Waals surface area (Å²) in [5.41, 5.74) is 0.939. The maximum atomic E-state index is 12.5. The fourth-order valence-electron chi connectivity index (χ4n) is 3.07. The number of aliphatic imine (C=N–C) groups is 1. The lowest BCUT2D eigenvalue weighted by Crippen LogP contribution is -2.52. The van der Waals surface area contributed by atoms with Gasteiger partial charge in [0.15, 0.2) is 5.96 Å². The first-order chi connectivity index (χ1) is 14.0. The highest BCUT2D eigenvalue weighted by molar-refractivity contribution is 7.91. The number of hydrogen-bond acceptors (Lipinski definition) is 7. The molecule has 2 aromatic heterocycles. The topological polar surface area (TPSA) is 94.3 Å². The number of aromatic nitrogens is 1. The van der Waals surface area contributed by atoms with Crippen molar-refractivity contribution in [2.75, 3.05) is 52.9 Å². The zero-order chi connectivity index (χ0) is 20.7. The molecule has 0 saturated carbocycles. The smallest absolute Gasteiger partial charge is 0.252 e. The summed E-state index contributed by atoms with van der Waals surface area (Å²) in [6.45, 7) is 7.84. The van der Waals surface area contributed by atoms with Gasteiger partial charge < -0.3 is 14.7 Å². The van der Waals surface area contributed by atoms with Gasteiger partial charge in [-0.3, -0.25) is 9.89 Å². The van der Waals surface area contributed by atoms with Crippen molar-refractivity contribution in [1.29, 1.82) is 0 Å².